The van der Waals surface area contributed by atoms with Crippen LogP contribution in [0.4, 0.5) is 20.2 Å². The van der Waals surface area contributed by atoms with Gasteiger partial charge in [-0.2, -0.15) is 8.78 Å². The summed E-state index contributed by atoms with van der Waals surface area (Å²) in [6.07, 6.45) is 0. The number of ether oxygens (including phenoxy) is 1. The van der Waals surface area contributed by atoms with Crippen molar-refractivity contribution in [3.8, 4) is 5.75 Å². The Hall–Kier alpha value is -3.23. The second-order valence-corrected chi connectivity index (χ2v) is 4.86. The maximum Gasteiger partial charge on any atom is 0.387 e. The van der Waals surface area contributed by atoms with Crippen molar-refractivity contribution in [3.05, 3.63) is 64.2 Å². The molecule has 9 heteroatoms. The number of carbonyl (C=O) groups is 1. The lowest BCUT2D eigenvalue weighted by Gasteiger charge is -2.09. The summed E-state index contributed by atoms with van der Waals surface area (Å²) >= 11 is 0. The molecule has 0 aromatic heterocycles. The number of para-hydroxylation sites is 2. The maximum absolute atomic E-state index is 12.1. The topological polar surface area (TPSA) is 93.5 Å². The number of anilines is 1. The predicted octanol–water partition coefficient (Wildman–Crippen LogP) is 3.04. The summed E-state index contributed by atoms with van der Waals surface area (Å²) in [5, 5.41) is 16.4. The number of halogens is 2. The van der Waals surface area contributed by atoms with Gasteiger partial charge in [-0.15, -0.1) is 0 Å². The zero-order chi connectivity index (χ0) is 18.2. The van der Waals surface area contributed by atoms with Gasteiger partial charge < -0.3 is 15.4 Å². The molecule has 0 atom stereocenters. The number of nitrogens with one attached hydrogen (secondary N) is 2. The third kappa shape index (κ3) is 5.41. The van der Waals surface area contributed by atoms with E-state index in [4.69, 9.17) is 0 Å². The van der Waals surface area contributed by atoms with Gasteiger partial charge in [0, 0.05) is 24.7 Å². The zero-order valence-corrected chi connectivity index (χ0v) is 12.9. The number of alkyl halides is 2. The van der Waals surface area contributed by atoms with Crippen molar-refractivity contribution < 1.29 is 23.2 Å². The Bertz CT molecular complexity index is 738. The Morgan fingerprint density at radius 3 is 2.44 bits per heavy atom. The molecule has 0 saturated heterocycles. The van der Waals surface area contributed by atoms with E-state index in [0.717, 1.165) is 0 Å². The number of nitro groups is 1. The molecular formula is C16H15F2N3O4. The van der Waals surface area contributed by atoms with Gasteiger partial charge in [0.25, 0.3) is 11.6 Å². The van der Waals surface area contributed by atoms with Gasteiger partial charge in [0.2, 0.25) is 0 Å². The molecule has 0 heterocycles. The molecule has 2 aromatic rings. The fourth-order valence-corrected chi connectivity index (χ4v) is 2.05. The van der Waals surface area contributed by atoms with Gasteiger partial charge >= 0.3 is 6.61 Å². The van der Waals surface area contributed by atoms with E-state index in [9.17, 15) is 23.7 Å². The smallest absolute Gasteiger partial charge is 0.387 e. The highest BCUT2D eigenvalue weighted by molar-refractivity contribution is 5.94. The van der Waals surface area contributed by atoms with Crippen LogP contribution in [0.5, 0.6) is 5.75 Å². The fourth-order valence-electron chi connectivity index (χ4n) is 2.05. The van der Waals surface area contributed by atoms with Crippen molar-refractivity contribution in [1.29, 1.82) is 0 Å². The van der Waals surface area contributed by atoms with Gasteiger partial charge in [-0.25, -0.2) is 0 Å². The third-order valence-electron chi connectivity index (χ3n) is 3.17. The van der Waals surface area contributed by atoms with Crippen LogP contribution in [0.2, 0.25) is 0 Å². The van der Waals surface area contributed by atoms with Gasteiger partial charge in [0.05, 0.1) is 4.92 Å². The molecule has 0 fully saturated rings. The minimum atomic E-state index is -2.92. The van der Waals surface area contributed by atoms with Crippen molar-refractivity contribution in [2.45, 2.75) is 6.61 Å². The van der Waals surface area contributed by atoms with E-state index in [0.29, 0.717) is 5.69 Å². The molecular weight excluding hydrogens is 336 g/mol. The molecule has 25 heavy (non-hydrogen) atoms. The van der Waals surface area contributed by atoms with Crippen LogP contribution in [-0.4, -0.2) is 30.5 Å². The third-order valence-corrected chi connectivity index (χ3v) is 3.17. The minimum Gasteiger partial charge on any atom is -0.435 e. The lowest BCUT2D eigenvalue weighted by Crippen LogP contribution is -2.28. The summed E-state index contributed by atoms with van der Waals surface area (Å²) < 4.78 is 28.3. The van der Waals surface area contributed by atoms with E-state index in [2.05, 4.69) is 15.4 Å². The van der Waals surface area contributed by atoms with Crippen LogP contribution in [0.1, 0.15) is 10.4 Å². The number of hydrogen-bond donors (Lipinski definition) is 2. The average molecular weight is 351 g/mol. The van der Waals surface area contributed by atoms with Crippen LogP contribution >= 0.6 is 0 Å². The van der Waals surface area contributed by atoms with Gasteiger partial charge in [-0.05, 0) is 30.3 Å². The second kappa shape index (κ2) is 8.57. The largest absolute Gasteiger partial charge is 0.435 e. The van der Waals surface area contributed by atoms with Crippen molar-refractivity contribution in [3.63, 3.8) is 0 Å². The second-order valence-electron chi connectivity index (χ2n) is 4.86. The van der Waals surface area contributed by atoms with Crippen LogP contribution in [0.25, 0.3) is 0 Å². The molecule has 0 aliphatic heterocycles. The molecule has 0 saturated carbocycles. The number of hydrogen-bond acceptors (Lipinski definition) is 5. The molecule has 132 valence electrons. The minimum absolute atomic E-state index is 0.0374. The molecule has 2 aromatic carbocycles. The first-order valence-corrected chi connectivity index (χ1v) is 7.27. The Balaban J connectivity index is 1.82. The van der Waals surface area contributed by atoms with Gasteiger partial charge in [0.15, 0.2) is 0 Å². The van der Waals surface area contributed by atoms with Crippen LogP contribution in [0.15, 0.2) is 48.5 Å². The summed E-state index contributed by atoms with van der Waals surface area (Å²) in [6.45, 7) is -2.42. The van der Waals surface area contributed by atoms with Crippen LogP contribution in [0, 0.1) is 10.1 Å². The molecule has 1 amide bonds. The molecule has 0 aliphatic carbocycles. The van der Waals surface area contributed by atoms with Gasteiger partial charge in [-0.1, -0.05) is 12.1 Å². The molecule has 0 unspecified atom stereocenters. The monoisotopic (exact) mass is 351 g/mol. The van der Waals surface area contributed by atoms with E-state index in [-0.39, 0.29) is 30.1 Å². The highest BCUT2D eigenvalue weighted by Gasteiger charge is 2.12. The first-order chi connectivity index (χ1) is 12.0. The van der Waals surface area contributed by atoms with E-state index < -0.39 is 17.4 Å². The van der Waals surface area contributed by atoms with Gasteiger partial charge in [0.1, 0.15) is 11.4 Å². The standard InChI is InChI=1S/C16H15F2N3O4/c17-16(18)25-12-7-5-11(6-8-12)15(22)20-10-9-19-13-3-1-2-4-14(13)21(23)24/h1-8,16,19H,9-10H2,(H,20,22). The van der Waals surface area contributed by atoms with Crippen molar-refractivity contribution in [1.82, 2.24) is 5.32 Å². The fraction of sp³-hybridized carbons (Fsp3) is 0.188. The van der Waals surface area contributed by atoms with E-state index in [1.165, 1.54) is 30.3 Å². The van der Waals surface area contributed by atoms with E-state index in [1.807, 2.05) is 0 Å². The summed E-state index contributed by atoms with van der Waals surface area (Å²) in [5.74, 6) is -0.433. The van der Waals surface area contributed by atoms with Crippen LogP contribution in [0.3, 0.4) is 0 Å². The van der Waals surface area contributed by atoms with Crippen LogP contribution in [-0.2, 0) is 0 Å². The zero-order valence-electron chi connectivity index (χ0n) is 12.9. The number of nitro benzene ring substituents is 1. The highest BCUT2D eigenvalue weighted by Crippen LogP contribution is 2.22. The maximum atomic E-state index is 12.1. The first-order valence-electron chi connectivity index (χ1n) is 7.27. The Kier molecular flexibility index (Phi) is 6.21. The highest BCUT2D eigenvalue weighted by atomic mass is 19.3. The summed E-state index contributed by atoms with van der Waals surface area (Å²) in [5.41, 5.74) is 0.589. The van der Waals surface area contributed by atoms with Gasteiger partial charge in [-0.3, -0.25) is 14.9 Å². The number of benzene rings is 2. The van der Waals surface area contributed by atoms with E-state index >= 15 is 0 Å². The summed E-state index contributed by atoms with van der Waals surface area (Å²) in [4.78, 5) is 22.3. The van der Waals surface area contributed by atoms with Crippen LogP contribution < -0.4 is 15.4 Å². The summed E-state index contributed by atoms with van der Waals surface area (Å²) in [6, 6.07) is 11.4. The molecule has 0 aliphatic rings. The lowest BCUT2D eigenvalue weighted by atomic mass is 10.2. The molecule has 0 bridgehead atoms. The quantitative estimate of drug-likeness (QED) is 0.433. The first kappa shape index (κ1) is 18.1. The average Bonchev–Trinajstić information content (AvgIpc) is 2.59. The van der Waals surface area contributed by atoms with Crippen molar-refractivity contribution in [2.75, 3.05) is 18.4 Å². The van der Waals surface area contributed by atoms with Crippen molar-refractivity contribution >= 4 is 17.3 Å². The Labute approximate surface area is 141 Å². The SMILES string of the molecule is O=C(NCCNc1ccccc1[N+](=O)[O-])c1ccc(OC(F)F)cc1. The molecule has 0 radical (unpaired) electrons. The predicted molar refractivity (Wildman–Crippen MR) is 87.0 cm³/mol. The number of rotatable bonds is 8. The Morgan fingerprint density at radius 1 is 1.12 bits per heavy atom. The normalized spacial score (nSPS) is 10.4. The number of nitrogens with zero attached hydrogens (tertiary/aromatic N) is 1. The Morgan fingerprint density at radius 2 is 1.80 bits per heavy atom. The molecule has 0 spiro atoms. The van der Waals surface area contributed by atoms with E-state index in [1.54, 1.807) is 18.2 Å². The lowest BCUT2D eigenvalue weighted by molar-refractivity contribution is -0.384. The molecule has 2 rings (SSSR count). The molecule has 2 N–H and O–H groups in total. The number of amides is 1. The molecule has 7 nitrogen and oxygen atoms in total. The van der Waals surface area contributed by atoms with Crippen molar-refractivity contribution in [2.24, 2.45) is 0 Å². The summed E-state index contributed by atoms with van der Waals surface area (Å²) in [7, 11) is 0. The number of carbonyl (C=O) groups excluding carboxylic acids is 1.